The van der Waals surface area contributed by atoms with E-state index in [-0.39, 0.29) is 31.5 Å². The van der Waals surface area contributed by atoms with Gasteiger partial charge in [-0.1, -0.05) is 51.1 Å². The second-order valence-corrected chi connectivity index (χ2v) is 16.1. The van der Waals surface area contributed by atoms with Crippen molar-refractivity contribution in [2.75, 3.05) is 6.79 Å². The molecule has 1 unspecified atom stereocenters. The number of rotatable bonds is 10. The molecule has 4 atom stereocenters. The van der Waals surface area contributed by atoms with Gasteiger partial charge in [-0.2, -0.15) is 0 Å². The van der Waals surface area contributed by atoms with E-state index in [0.717, 1.165) is 49.4 Å². The summed E-state index contributed by atoms with van der Waals surface area (Å²) in [6.45, 7) is 11.1. The summed E-state index contributed by atoms with van der Waals surface area (Å²) < 4.78 is 30.6. The van der Waals surface area contributed by atoms with E-state index in [1.165, 1.54) is 0 Å². The summed E-state index contributed by atoms with van der Waals surface area (Å²) in [6.07, 6.45) is 3.44. The molecule has 3 rings (SSSR count). The van der Waals surface area contributed by atoms with Gasteiger partial charge in [0.2, 0.25) is 0 Å². The Bertz CT molecular complexity index is 821. The van der Waals surface area contributed by atoms with Gasteiger partial charge in [-0.15, -0.1) is 0 Å². The minimum Gasteiger partial charge on any atom is -0.459 e. The van der Waals surface area contributed by atoms with Gasteiger partial charge in [-0.25, -0.2) is 0 Å². The summed E-state index contributed by atoms with van der Waals surface area (Å²) in [7, 11) is -1.87. The summed E-state index contributed by atoms with van der Waals surface area (Å²) in [5.74, 6) is -2.02. The second kappa shape index (κ2) is 13.7. The SMILES string of the molecule is CC[Si](CC)(CC)O[C@H]1C[C@@H]2CCCC(OCOCc3ccccc3)CC(C)(C)OC(=O)C[C@](O)(C1)O2. The maximum atomic E-state index is 12.9. The van der Waals surface area contributed by atoms with Crippen molar-refractivity contribution in [1.82, 2.24) is 0 Å². The van der Waals surface area contributed by atoms with Crippen molar-refractivity contribution in [2.24, 2.45) is 0 Å². The van der Waals surface area contributed by atoms with Crippen molar-refractivity contribution in [3.05, 3.63) is 35.9 Å². The Morgan fingerprint density at radius 1 is 1.03 bits per heavy atom. The van der Waals surface area contributed by atoms with Crippen molar-refractivity contribution in [3.63, 3.8) is 0 Å². The van der Waals surface area contributed by atoms with E-state index < -0.39 is 25.7 Å². The molecule has 8 heteroatoms. The number of cyclic esters (lactones) is 1. The molecule has 37 heavy (non-hydrogen) atoms. The summed E-state index contributed by atoms with van der Waals surface area (Å²) in [6, 6.07) is 13.1. The van der Waals surface area contributed by atoms with Crippen molar-refractivity contribution in [1.29, 1.82) is 0 Å². The number of fused-ring (bicyclic) bond motifs is 2. The van der Waals surface area contributed by atoms with Gasteiger partial charge in [-0.3, -0.25) is 4.79 Å². The lowest BCUT2D eigenvalue weighted by molar-refractivity contribution is -0.276. The zero-order valence-electron chi connectivity index (χ0n) is 23.5. The van der Waals surface area contributed by atoms with Crippen molar-refractivity contribution >= 4 is 14.3 Å². The average molecular weight is 537 g/mol. The molecule has 1 aromatic carbocycles. The van der Waals surface area contributed by atoms with Gasteiger partial charge in [0.15, 0.2) is 14.1 Å². The largest absolute Gasteiger partial charge is 0.459 e. The number of carbonyl (C=O) groups is 1. The summed E-state index contributed by atoms with van der Waals surface area (Å²) in [5, 5.41) is 11.4. The molecule has 7 nitrogen and oxygen atoms in total. The van der Waals surface area contributed by atoms with E-state index in [4.69, 9.17) is 23.4 Å². The minimum atomic E-state index is -1.87. The van der Waals surface area contributed by atoms with Crippen LogP contribution in [0.3, 0.4) is 0 Å². The molecule has 2 heterocycles. The van der Waals surface area contributed by atoms with Crippen molar-refractivity contribution in [3.8, 4) is 0 Å². The van der Waals surface area contributed by atoms with Crippen LogP contribution in [0.4, 0.5) is 0 Å². The highest BCUT2D eigenvalue weighted by Crippen LogP contribution is 2.38. The van der Waals surface area contributed by atoms with E-state index in [0.29, 0.717) is 19.4 Å². The lowest BCUT2D eigenvalue weighted by Gasteiger charge is -2.44. The van der Waals surface area contributed by atoms with Gasteiger partial charge in [0.1, 0.15) is 12.4 Å². The molecular weight excluding hydrogens is 488 g/mol. The van der Waals surface area contributed by atoms with E-state index in [1.807, 2.05) is 44.2 Å². The van der Waals surface area contributed by atoms with Gasteiger partial charge in [-0.05, 0) is 63.2 Å². The number of ether oxygens (including phenoxy) is 4. The normalized spacial score (nSPS) is 29.1. The number of hydrogen-bond donors (Lipinski definition) is 1. The van der Waals surface area contributed by atoms with E-state index in [2.05, 4.69) is 20.8 Å². The fraction of sp³-hybridized carbons (Fsp3) is 0.759. The van der Waals surface area contributed by atoms with Crippen molar-refractivity contribution in [2.45, 2.75) is 134 Å². The van der Waals surface area contributed by atoms with Crippen LogP contribution in [0.1, 0.15) is 85.1 Å². The molecule has 210 valence electrons. The summed E-state index contributed by atoms with van der Waals surface area (Å²) in [4.78, 5) is 12.9. The van der Waals surface area contributed by atoms with Crippen LogP contribution in [0, 0.1) is 0 Å². The molecule has 2 saturated heterocycles. The van der Waals surface area contributed by atoms with E-state index >= 15 is 0 Å². The molecule has 2 aliphatic heterocycles. The Balaban J connectivity index is 1.65. The Hall–Kier alpha value is -1.29. The Kier molecular flexibility index (Phi) is 11.2. The van der Waals surface area contributed by atoms with Crippen molar-refractivity contribution < 1.29 is 33.3 Å². The maximum absolute atomic E-state index is 12.9. The van der Waals surface area contributed by atoms with Crippen LogP contribution in [-0.4, -0.2) is 55.9 Å². The molecule has 0 aromatic heterocycles. The Morgan fingerprint density at radius 3 is 2.41 bits per heavy atom. The number of aliphatic hydroxyl groups is 1. The Labute approximate surface area is 224 Å². The number of hydrogen-bond acceptors (Lipinski definition) is 7. The molecule has 2 fully saturated rings. The van der Waals surface area contributed by atoms with Crippen LogP contribution in [0.2, 0.25) is 18.1 Å². The first-order chi connectivity index (χ1) is 17.6. The predicted molar refractivity (Wildman–Crippen MR) is 145 cm³/mol. The zero-order valence-corrected chi connectivity index (χ0v) is 24.5. The predicted octanol–water partition coefficient (Wildman–Crippen LogP) is 6.09. The topological polar surface area (TPSA) is 83.5 Å². The lowest BCUT2D eigenvalue weighted by Crippen LogP contribution is -2.52. The van der Waals surface area contributed by atoms with Crippen LogP contribution >= 0.6 is 0 Å². The molecule has 0 spiro atoms. The first-order valence-electron chi connectivity index (χ1n) is 14.1. The number of carbonyl (C=O) groups excluding carboxylic acids is 1. The van der Waals surface area contributed by atoms with Crippen LogP contribution < -0.4 is 0 Å². The third-order valence-corrected chi connectivity index (χ3v) is 12.6. The molecule has 0 amide bonds. The molecular formula is C29H48O7Si. The van der Waals surface area contributed by atoms with Gasteiger partial charge in [0.05, 0.1) is 31.3 Å². The van der Waals surface area contributed by atoms with E-state index in [1.54, 1.807) is 0 Å². The van der Waals surface area contributed by atoms with E-state index in [9.17, 15) is 9.90 Å². The first kappa shape index (κ1) is 30.3. The monoisotopic (exact) mass is 536 g/mol. The fourth-order valence-electron chi connectivity index (χ4n) is 5.73. The highest BCUT2D eigenvalue weighted by atomic mass is 28.4. The number of esters is 1. The molecule has 2 aliphatic rings. The third-order valence-electron chi connectivity index (χ3n) is 7.89. The van der Waals surface area contributed by atoms with Crippen LogP contribution in [0.5, 0.6) is 0 Å². The van der Waals surface area contributed by atoms with Gasteiger partial charge >= 0.3 is 5.97 Å². The molecule has 2 bridgehead atoms. The number of benzene rings is 1. The maximum Gasteiger partial charge on any atom is 0.311 e. The smallest absolute Gasteiger partial charge is 0.311 e. The van der Waals surface area contributed by atoms with Crippen LogP contribution in [-0.2, 0) is 34.8 Å². The van der Waals surface area contributed by atoms with Gasteiger partial charge in [0, 0.05) is 12.8 Å². The van der Waals surface area contributed by atoms with Crippen LogP contribution in [0.15, 0.2) is 30.3 Å². The minimum absolute atomic E-state index is 0.113. The highest BCUT2D eigenvalue weighted by Gasteiger charge is 2.46. The zero-order chi connectivity index (χ0) is 26.9. The molecule has 0 aliphatic carbocycles. The van der Waals surface area contributed by atoms with Gasteiger partial charge < -0.3 is 28.5 Å². The molecule has 1 aromatic rings. The third kappa shape index (κ3) is 9.44. The lowest BCUT2D eigenvalue weighted by atomic mass is 9.91. The van der Waals surface area contributed by atoms with Gasteiger partial charge in [0.25, 0.3) is 0 Å². The quantitative estimate of drug-likeness (QED) is 0.168. The standard InChI is InChI=1S/C29H48O7Si/c1-6-37(7-2,8-3)36-26-17-24-15-12-16-25(33-22-32-21-23-13-10-9-11-14-23)18-28(4,5)35-27(30)20-29(31,19-26)34-24/h9-11,13-14,24-26,31H,6-8,12,15-22H2,1-5H3/t24-,25?,26-,29-/m0/s1. The molecule has 1 N–H and O–H groups in total. The fourth-order valence-corrected chi connectivity index (χ4v) is 8.61. The first-order valence-corrected chi connectivity index (χ1v) is 16.7. The summed E-state index contributed by atoms with van der Waals surface area (Å²) >= 11 is 0. The average Bonchev–Trinajstić information content (AvgIpc) is 2.84. The highest BCUT2D eigenvalue weighted by molar-refractivity contribution is 6.73. The van der Waals surface area contributed by atoms with Crippen LogP contribution in [0.25, 0.3) is 0 Å². The molecule has 0 radical (unpaired) electrons. The summed E-state index contributed by atoms with van der Waals surface area (Å²) in [5.41, 5.74) is 0.356. The molecule has 0 saturated carbocycles. The Morgan fingerprint density at radius 2 is 1.73 bits per heavy atom. The second-order valence-electron chi connectivity index (χ2n) is 11.4.